The van der Waals surface area contributed by atoms with Crippen LogP contribution in [-0.4, -0.2) is 116 Å². The van der Waals surface area contributed by atoms with Crippen molar-refractivity contribution in [3.63, 3.8) is 0 Å². The van der Waals surface area contributed by atoms with Crippen LogP contribution in [0.15, 0.2) is 0 Å². The summed E-state index contributed by atoms with van der Waals surface area (Å²) in [6.45, 7) is -0.0944. The number of hydrogen-bond donors (Lipinski definition) is 10. The van der Waals surface area contributed by atoms with E-state index in [2.05, 4.69) is 10.6 Å². The summed E-state index contributed by atoms with van der Waals surface area (Å²) < 4.78 is 0. The highest BCUT2D eigenvalue weighted by molar-refractivity contribution is 4.92. The van der Waals surface area contributed by atoms with Gasteiger partial charge in [-0.15, -0.1) is 0 Å². The predicted molar refractivity (Wildman–Crippen MR) is 80.5 cm³/mol. The molecule has 0 amide bonds. The van der Waals surface area contributed by atoms with Crippen LogP contribution in [-0.2, 0) is 0 Å². The fourth-order valence-corrected chi connectivity index (χ4v) is 2.30. The van der Waals surface area contributed by atoms with Gasteiger partial charge in [0.2, 0.25) is 0 Å². The Balaban J connectivity index is 0.000000403. The lowest BCUT2D eigenvalue weighted by molar-refractivity contribution is -0.101. The number of aliphatic hydroxyl groups is 8. The van der Waals surface area contributed by atoms with Crippen LogP contribution in [0.2, 0.25) is 0 Å². The molecule has 8 atom stereocenters. The minimum Gasteiger partial charge on any atom is -0.395 e. The summed E-state index contributed by atoms with van der Waals surface area (Å²) >= 11 is 0. The summed E-state index contributed by atoms with van der Waals surface area (Å²) in [6, 6.07) is -1.07. The number of β-amino-alcohol motifs (C(OH)–C–C–N with tert-alkyl or cyclic N) is 2. The standard InChI is InChI=1S/2C6H13NO4.CH4/c2*8-2-3-5(10)6(11)4(9)1-7-3;/h2*3-11H,1-2H2;1H4/t3?,4?,5-,6-;3-,4?,5?,6-;/m01./s1. The molecule has 4 unspecified atom stereocenters. The van der Waals surface area contributed by atoms with Gasteiger partial charge in [0.25, 0.3) is 0 Å². The first-order valence-corrected chi connectivity index (χ1v) is 7.10. The normalized spacial score (nSPS) is 43.8. The maximum Gasteiger partial charge on any atom is 0.109 e. The van der Waals surface area contributed by atoms with Crippen LogP contribution in [0.1, 0.15) is 7.43 Å². The highest BCUT2D eigenvalue weighted by Crippen LogP contribution is 2.10. The summed E-state index contributed by atoms with van der Waals surface area (Å²) in [7, 11) is 0. The van der Waals surface area contributed by atoms with Gasteiger partial charge in [0.1, 0.15) is 12.2 Å². The molecule has 0 aromatic heterocycles. The number of piperidine rings is 2. The Hall–Kier alpha value is -0.400. The molecule has 2 heterocycles. The second-order valence-corrected chi connectivity index (χ2v) is 5.49. The third kappa shape index (κ3) is 5.87. The molecule has 0 aromatic rings. The van der Waals surface area contributed by atoms with Gasteiger partial charge in [-0.2, -0.15) is 0 Å². The van der Waals surface area contributed by atoms with Crippen LogP contribution in [0.3, 0.4) is 0 Å². The van der Waals surface area contributed by atoms with E-state index >= 15 is 0 Å². The third-order valence-electron chi connectivity index (χ3n) is 3.88. The first kappa shape index (κ1) is 22.6. The average molecular weight is 342 g/mol. The molecule has 0 saturated carbocycles. The van der Waals surface area contributed by atoms with Crippen LogP contribution in [0.25, 0.3) is 0 Å². The van der Waals surface area contributed by atoms with Crippen molar-refractivity contribution >= 4 is 0 Å². The molecule has 10 nitrogen and oxygen atoms in total. The number of rotatable bonds is 2. The van der Waals surface area contributed by atoms with E-state index in [1.807, 2.05) is 0 Å². The largest absolute Gasteiger partial charge is 0.395 e. The lowest BCUT2D eigenvalue weighted by atomic mass is 9.97. The van der Waals surface area contributed by atoms with Crippen molar-refractivity contribution in [1.29, 1.82) is 0 Å². The van der Waals surface area contributed by atoms with Gasteiger partial charge in [0.15, 0.2) is 0 Å². The molecular formula is C13H30N2O8. The predicted octanol–water partition coefficient (Wildman–Crippen LogP) is -5.30. The smallest absolute Gasteiger partial charge is 0.109 e. The van der Waals surface area contributed by atoms with Gasteiger partial charge >= 0.3 is 0 Å². The summed E-state index contributed by atoms with van der Waals surface area (Å²) in [6.07, 6.45) is -6.41. The monoisotopic (exact) mass is 342 g/mol. The SMILES string of the molecule is C.OCC1NCC(O)[C@H](O)[C@H]1O.OC[C@H]1NCC(O)[C@@H](O)C1O. The van der Waals surface area contributed by atoms with Crippen LogP contribution < -0.4 is 10.6 Å². The van der Waals surface area contributed by atoms with Gasteiger partial charge in [-0.1, -0.05) is 7.43 Å². The summed E-state index contributed by atoms with van der Waals surface area (Å²) in [5.41, 5.74) is 0. The van der Waals surface area contributed by atoms with Crippen LogP contribution in [0.5, 0.6) is 0 Å². The minimum atomic E-state index is -1.16. The number of nitrogens with one attached hydrogen (secondary N) is 2. The molecule has 0 aliphatic carbocycles. The van der Waals surface area contributed by atoms with Crippen molar-refractivity contribution in [1.82, 2.24) is 10.6 Å². The van der Waals surface area contributed by atoms with Gasteiger partial charge in [0.05, 0.1) is 49.7 Å². The van der Waals surface area contributed by atoms with Crippen molar-refractivity contribution in [2.75, 3.05) is 26.3 Å². The summed E-state index contributed by atoms with van der Waals surface area (Å²) in [4.78, 5) is 0. The van der Waals surface area contributed by atoms with E-state index in [0.717, 1.165) is 0 Å². The zero-order valence-corrected chi connectivity index (χ0v) is 12.0. The number of hydrogen-bond acceptors (Lipinski definition) is 10. The second kappa shape index (κ2) is 10.5. The molecule has 23 heavy (non-hydrogen) atoms. The van der Waals surface area contributed by atoms with Crippen molar-refractivity contribution in [2.45, 2.75) is 56.1 Å². The maximum atomic E-state index is 9.18. The Morgan fingerprint density at radius 1 is 0.609 bits per heavy atom. The molecule has 10 N–H and O–H groups in total. The molecule has 0 radical (unpaired) electrons. The van der Waals surface area contributed by atoms with E-state index in [4.69, 9.17) is 30.6 Å². The quantitative estimate of drug-likeness (QED) is 0.232. The second-order valence-electron chi connectivity index (χ2n) is 5.49. The van der Waals surface area contributed by atoms with Gasteiger partial charge in [-0.3, -0.25) is 0 Å². The first-order chi connectivity index (χ1) is 10.3. The summed E-state index contributed by atoms with van der Waals surface area (Å²) in [5, 5.41) is 77.2. The molecule has 2 rings (SSSR count). The average Bonchev–Trinajstić information content (AvgIpc) is 2.51. The molecule has 2 aliphatic heterocycles. The molecular weight excluding hydrogens is 312 g/mol. The highest BCUT2D eigenvalue weighted by Gasteiger charge is 2.36. The Bertz CT molecular complexity index is 290. The van der Waals surface area contributed by atoms with Crippen molar-refractivity contribution in [3.05, 3.63) is 0 Å². The van der Waals surface area contributed by atoms with E-state index in [1.165, 1.54) is 0 Å². The Labute approximate surface area is 135 Å². The van der Waals surface area contributed by atoms with Crippen LogP contribution in [0.4, 0.5) is 0 Å². The lowest BCUT2D eigenvalue weighted by Crippen LogP contribution is -2.60. The number of aliphatic hydroxyl groups excluding tert-OH is 8. The summed E-state index contributed by atoms with van der Waals surface area (Å²) in [5.74, 6) is 0. The van der Waals surface area contributed by atoms with Gasteiger partial charge in [-0.25, -0.2) is 0 Å². The Morgan fingerprint density at radius 3 is 1.17 bits per heavy atom. The highest BCUT2D eigenvalue weighted by atomic mass is 16.4. The van der Waals surface area contributed by atoms with Crippen molar-refractivity contribution in [2.24, 2.45) is 0 Å². The van der Waals surface area contributed by atoms with E-state index in [0.29, 0.717) is 0 Å². The minimum absolute atomic E-state index is 0. The molecule has 0 aromatic carbocycles. The molecule has 2 aliphatic rings. The first-order valence-electron chi connectivity index (χ1n) is 7.10. The fourth-order valence-electron chi connectivity index (χ4n) is 2.30. The van der Waals surface area contributed by atoms with Crippen LogP contribution >= 0.6 is 0 Å². The van der Waals surface area contributed by atoms with E-state index in [9.17, 15) is 10.2 Å². The van der Waals surface area contributed by atoms with Crippen molar-refractivity contribution in [3.8, 4) is 0 Å². The van der Waals surface area contributed by atoms with E-state index < -0.39 is 48.7 Å². The molecule has 140 valence electrons. The molecule has 10 heteroatoms. The Kier molecular flexibility index (Phi) is 10.3. The third-order valence-corrected chi connectivity index (χ3v) is 3.88. The molecule has 0 spiro atoms. The van der Waals surface area contributed by atoms with Crippen LogP contribution in [0, 0.1) is 0 Å². The fraction of sp³-hybridized carbons (Fsp3) is 1.00. The van der Waals surface area contributed by atoms with Gasteiger partial charge < -0.3 is 51.5 Å². The van der Waals surface area contributed by atoms with Gasteiger partial charge in [0, 0.05) is 13.1 Å². The lowest BCUT2D eigenvalue weighted by Gasteiger charge is -2.34. The maximum absolute atomic E-state index is 9.18. The molecule has 0 bridgehead atoms. The zero-order chi connectivity index (χ0) is 16.9. The Morgan fingerprint density at radius 2 is 0.913 bits per heavy atom. The molecule has 2 fully saturated rings. The molecule has 2 saturated heterocycles. The topological polar surface area (TPSA) is 186 Å². The van der Waals surface area contributed by atoms with Crippen molar-refractivity contribution < 1.29 is 40.9 Å². The zero-order valence-electron chi connectivity index (χ0n) is 12.0. The van der Waals surface area contributed by atoms with Gasteiger partial charge in [-0.05, 0) is 0 Å². The van der Waals surface area contributed by atoms with E-state index in [-0.39, 0.29) is 33.7 Å². The van der Waals surface area contributed by atoms with E-state index in [1.54, 1.807) is 0 Å².